The highest BCUT2D eigenvalue weighted by molar-refractivity contribution is 7.15. The largest absolute Gasteiger partial charge is 0.375 e. The van der Waals surface area contributed by atoms with Gasteiger partial charge in [0.05, 0.1) is 5.69 Å². The Morgan fingerprint density at radius 1 is 1.22 bits per heavy atom. The number of nitrogen functional groups attached to an aromatic ring is 1. The van der Waals surface area contributed by atoms with Crippen LogP contribution >= 0.6 is 11.3 Å². The summed E-state index contributed by atoms with van der Waals surface area (Å²) in [6, 6.07) is 6.14. The van der Waals surface area contributed by atoms with E-state index in [-0.39, 0.29) is 0 Å². The number of rotatable bonds is 3. The minimum absolute atomic E-state index is 0.727. The van der Waals surface area contributed by atoms with E-state index >= 15 is 0 Å². The molecule has 1 aliphatic heterocycles. The number of thiazole rings is 1. The maximum absolute atomic E-state index is 5.84. The van der Waals surface area contributed by atoms with Crippen LogP contribution in [0, 0.1) is 5.92 Å². The first kappa shape index (κ1) is 14.9. The fourth-order valence-corrected chi connectivity index (χ4v) is 4.57. The van der Waals surface area contributed by atoms with Crippen molar-refractivity contribution in [3.63, 3.8) is 0 Å². The van der Waals surface area contributed by atoms with E-state index in [2.05, 4.69) is 31.9 Å². The Kier molecular flexibility index (Phi) is 4.18. The molecule has 3 heterocycles. The number of aromatic nitrogens is 2. The maximum Gasteiger partial charge on any atom is 0.180 e. The van der Waals surface area contributed by atoms with Crippen molar-refractivity contribution >= 4 is 22.3 Å². The molecule has 0 saturated carbocycles. The predicted octanol–water partition coefficient (Wildman–Crippen LogP) is 2.05. The predicted molar refractivity (Wildman–Crippen MR) is 94.9 cm³/mol. The molecule has 0 amide bonds. The van der Waals surface area contributed by atoms with Crippen LogP contribution in [-0.2, 0) is 12.8 Å². The van der Waals surface area contributed by atoms with Gasteiger partial charge in [0.25, 0.3) is 0 Å². The van der Waals surface area contributed by atoms with Crippen LogP contribution in [0.2, 0.25) is 0 Å². The van der Waals surface area contributed by atoms with E-state index in [0.717, 1.165) is 55.9 Å². The van der Waals surface area contributed by atoms with Crippen LogP contribution in [0.15, 0.2) is 24.4 Å². The second-order valence-electron chi connectivity index (χ2n) is 6.51. The van der Waals surface area contributed by atoms with Crippen molar-refractivity contribution < 1.29 is 0 Å². The Morgan fingerprint density at radius 2 is 2.09 bits per heavy atom. The van der Waals surface area contributed by atoms with Crippen molar-refractivity contribution in [1.82, 2.24) is 14.9 Å². The van der Waals surface area contributed by atoms with Crippen LogP contribution < -0.4 is 10.6 Å². The zero-order valence-electron chi connectivity index (χ0n) is 13.3. The Morgan fingerprint density at radius 3 is 2.87 bits per heavy atom. The number of fused-ring (bicyclic) bond motifs is 1. The molecule has 1 atom stereocenters. The van der Waals surface area contributed by atoms with Gasteiger partial charge in [-0.25, -0.2) is 9.97 Å². The molecule has 0 aromatic carbocycles. The summed E-state index contributed by atoms with van der Waals surface area (Å²) >= 11 is 1.68. The summed E-state index contributed by atoms with van der Waals surface area (Å²) in [5, 5.41) is 0.736. The molecule has 1 aliphatic carbocycles. The molecule has 1 fully saturated rings. The van der Waals surface area contributed by atoms with E-state index in [9.17, 15) is 0 Å². The fourth-order valence-electron chi connectivity index (χ4n) is 3.69. The molecule has 5 nitrogen and oxygen atoms in total. The van der Waals surface area contributed by atoms with Gasteiger partial charge >= 0.3 is 0 Å². The van der Waals surface area contributed by atoms with E-state index in [1.54, 1.807) is 11.3 Å². The molecule has 23 heavy (non-hydrogen) atoms. The van der Waals surface area contributed by atoms with Crippen LogP contribution in [0.3, 0.4) is 0 Å². The third-order valence-corrected chi connectivity index (χ3v) is 5.90. The van der Waals surface area contributed by atoms with Gasteiger partial charge in [0.15, 0.2) is 5.13 Å². The van der Waals surface area contributed by atoms with Gasteiger partial charge < -0.3 is 10.6 Å². The van der Waals surface area contributed by atoms with Gasteiger partial charge in [-0.3, -0.25) is 4.90 Å². The second-order valence-corrected chi connectivity index (χ2v) is 7.62. The molecule has 1 saturated heterocycles. The molecule has 1 unspecified atom stereocenters. The molecular formula is C17H23N5S. The minimum atomic E-state index is 0.727. The van der Waals surface area contributed by atoms with Gasteiger partial charge in [-0.15, -0.1) is 11.3 Å². The Hall–Kier alpha value is -1.66. The van der Waals surface area contributed by atoms with Crippen molar-refractivity contribution in [3.8, 4) is 0 Å². The number of aryl methyl sites for hydroxylation is 1. The average molecular weight is 329 g/mol. The smallest absolute Gasteiger partial charge is 0.180 e. The van der Waals surface area contributed by atoms with Crippen molar-refractivity contribution in [3.05, 3.63) is 35.0 Å². The summed E-state index contributed by atoms with van der Waals surface area (Å²) in [6.07, 6.45) is 5.40. The van der Waals surface area contributed by atoms with E-state index in [4.69, 9.17) is 5.73 Å². The summed E-state index contributed by atoms with van der Waals surface area (Å²) in [5.41, 5.74) is 7.10. The van der Waals surface area contributed by atoms with Crippen molar-refractivity contribution in [1.29, 1.82) is 0 Å². The van der Waals surface area contributed by atoms with Crippen LogP contribution in [0.4, 0.5) is 10.9 Å². The van der Waals surface area contributed by atoms with Crippen LogP contribution in [-0.4, -0.2) is 47.6 Å². The molecule has 0 spiro atoms. The molecule has 2 aliphatic rings. The third-order valence-electron chi connectivity index (χ3n) is 4.92. The third kappa shape index (κ3) is 3.33. The zero-order chi connectivity index (χ0) is 15.6. The number of hydrogen-bond donors (Lipinski definition) is 1. The summed E-state index contributed by atoms with van der Waals surface area (Å²) in [7, 11) is 0. The lowest BCUT2D eigenvalue weighted by atomic mass is 9.90. The Bertz CT molecular complexity index is 648. The van der Waals surface area contributed by atoms with Gasteiger partial charge in [-0.1, -0.05) is 6.07 Å². The molecule has 0 bridgehead atoms. The maximum atomic E-state index is 5.84. The normalized spacial score (nSPS) is 22.1. The van der Waals surface area contributed by atoms with E-state index in [0.29, 0.717) is 0 Å². The Labute approximate surface area is 141 Å². The number of nitrogens with zero attached hydrogens (tertiary/aromatic N) is 4. The molecule has 2 N–H and O–H groups in total. The summed E-state index contributed by atoms with van der Waals surface area (Å²) < 4.78 is 0. The highest BCUT2D eigenvalue weighted by atomic mass is 32.1. The molecule has 6 heteroatoms. The SMILES string of the molecule is Nc1nc2c(s1)CCC(CN1CCN(c3ccccn3)CC1)C2. The van der Waals surface area contributed by atoms with E-state index in [1.165, 1.54) is 23.5 Å². The van der Waals surface area contributed by atoms with Crippen LogP contribution in [0.5, 0.6) is 0 Å². The molecule has 0 radical (unpaired) electrons. The van der Waals surface area contributed by atoms with Crippen LogP contribution in [0.1, 0.15) is 17.0 Å². The van der Waals surface area contributed by atoms with Gasteiger partial charge in [0.2, 0.25) is 0 Å². The minimum Gasteiger partial charge on any atom is -0.375 e. The first-order chi connectivity index (χ1) is 11.3. The second kappa shape index (κ2) is 6.45. The number of anilines is 2. The lowest BCUT2D eigenvalue weighted by Gasteiger charge is -2.37. The van der Waals surface area contributed by atoms with Crippen molar-refractivity contribution in [2.45, 2.75) is 19.3 Å². The van der Waals surface area contributed by atoms with Gasteiger partial charge in [-0.05, 0) is 37.3 Å². The number of nitrogens with two attached hydrogens (primary N) is 1. The summed E-state index contributed by atoms with van der Waals surface area (Å²) in [6.45, 7) is 5.57. The monoisotopic (exact) mass is 329 g/mol. The fraction of sp³-hybridized carbons (Fsp3) is 0.529. The topological polar surface area (TPSA) is 58.3 Å². The first-order valence-electron chi connectivity index (χ1n) is 8.40. The van der Waals surface area contributed by atoms with Crippen molar-refractivity contribution in [2.75, 3.05) is 43.4 Å². The highest BCUT2D eigenvalue weighted by Crippen LogP contribution is 2.31. The standard InChI is InChI=1S/C17H23N5S/c18-17-20-14-11-13(4-5-15(14)23-17)12-21-7-9-22(10-8-21)16-3-1-2-6-19-16/h1-3,6,13H,4-5,7-12H2,(H2,18,20). The van der Waals surface area contributed by atoms with Gasteiger partial charge in [0, 0.05) is 43.8 Å². The highest BCUT2D eigenvalue weighted by Gasteiger charge is 2.25. The van der Waals surface area contributed by atoms with Gasteiger partial charge in [-0.2, -0.15) is 0 Å². The Balaban J connectivity index is 1.30. The number of piperazine rings is 1. The molecule has 2 aromatic heterocycles. The number of hydrogen-bond acceptors (Lipinski definition) is 6. The van der Waals surface area contributed by atoms with Gasteiger partial charge in [0.1, 0.15) is 5.82 Å². The average Bonchev–Trinajstić information content (AvgIpc) is 2.96. The zero-order valence-corrected chi connectivity index (χ0v) is 14.1. The van der Waals surface area contributed by atoms with E-state index in [1.807, 2.05) is 12.3 Å². The van der Waals surface area contributed by atoms with Crippen LogP contribution in [0.25, 0.3) is 0 Å². The van der Waals surface area contributed by atoms with Crippen molar-refractivity contribution in [2.24, 2.45) is 5.92 Å². The number of pyridine rings is 1. The lowest BCUT2D eigenvalue weighted by Crippen LogP contribution is -2.48. The molecular weight excluding hydrogens is 306 g/mol. The molecule has 122 valence electrons. The molecule has 2 aromatic rings. The molecule has 4 rings (SSSR count). The summed E-state index contributed by atoms with van der Waals surface area (Å²) in [5.74, 6) is 1.83. The summed E-state index contributed by atoms with van der Waals surface area (Å²) in [4.78, 5) is 15.4. The van der Waals surface area contributed by atoms with E-state index < -0.39 is 0 Å². The lowest BCUT2D eigenvalue weighted by molar-refractivity contribution is 0.208. The first-order valence-corrected chi connectivity index (χ1v) is 9.22. The quantitative estimate of drug-likeness (QED) is 0.934.